The summed E-state index contributed by atoms with van der Waals surface area (Å²) in [5, 5.41) is 22.0. The second kappa shape index (κ2) is 10.6. The van der Waals surface area contributed by atoms with E-state index in [4.69, 9.17) is 9.84 Å². The van der Waals surface area contributed by atoms with Crippen molar-refractivity contribution in [2.24, 2.45) is 5.10 Å². The molecule has 7 nitrogen and oxygen atoms in total. The van der Waals surface area contributed by atoms with Gasteiger partial charge in [0.1, 0.15) is 11.6 Å². The molecule has 0 amide bonds. The fourth-order valence-electron chi connectivity index (χ4n) is 3.93. The Kier molecular flexibility index (Phi) is 7.90. The van der Waals surface area contributed by atoms with E-state index in [1.165, 1.54) is 11.1 Å². The van der Waals surface area contributed by atoms with Gasteiger partial charge >= 0.3 is 0 Å². The summed E-state index contributed by atoms with van der Waals surface area (Å²) in [6.45, 7) is 10.8. The maximum absolute atomic E-state index is 10.5. The third-order valence-corrected chi connectivity index (χ3v) is 5.69. The average molecular weight is 427 g/mol. The molecule has 0 saturated carbocycles. The van der Waals surface area contributed by atoms with Gasteiger partial charge in [-0.25, -0.2) is 0 Å². The average Bonchev–Trinajstić information content (AvgIpc) is 3.17. The van der Waals surface area contributed by atoms with E-state index < -0.39 is 0 Å². The first-order valence-corrected chi connectivity index (χ1v) is 10.8. The summed E-state index contributed by atoms with van der Waals surface area (Å²) in [5.74, 6) is 1.56. The lowest BCUT2D eigenvalue weighted by atomic mass is 9.98. The fraction of sp³-hybridized carbons (Fsp3) is 0.458. The number of aliphatic hydroxyl groups is 1. The Labute approximate surface area is 184 Å². The van der Waals surface area contributed by atoms with E-state index in [0.29, 0.717) is 5.92 Å². The number of phenols is 1. The lowest BCUT2D eigenvalue weighted by Gasteiger charge is -2.29. The first kappa shape index (κ1) is 23.1. The number of rotatable bonds is 5. The van der Waals surface area contributed by atoms with E-state index in [0.717, 1.165) is 57.0 Å². The molecule has 0 radical (unpaired) electrons. The number of morpholine rings is 1. The zero-order valence-corrected chi connectivity index (χ0v) is 18.9. The van der Waals surface area contributed by atoms with Crippen molar-refractivity contribution < 1.29 is 14.9 Å². The minimum absolute atomic E-state index is 0.223. The highest BCUT2D eigenvalue weighted by molar-refractivity contribution is 5.98. The molecule has 2 aromatic carbocycles. The maximum Gasteiger partial charge on any atom is 0.150 e. The van der Waals surface area contributed by atoms with Crippen molar-refractivity contribution in [2.75, 3.05) is 38.3 Å². The third-order valence-electron chi connectivity index (χ3n) is 5.69. The molecule has 3 N–H and O–H groups in total. The molecule has 168 valence electrons. The Morgan fingerprint density at radius 1 is 1.10 bits per heavy atom. The second-order valence-corrected chi connectivity index (χ2v) is 8.09. The molecule has 2 aliphatic rings. The van der Waals surface area contributed by atoms with Crippen molar-refractivity contribution in [2.45, 2.75) is 39.4 Å². The van der Waals surface area contributed by atoms with Crippen LogP contribution in [0.15, 0.2) is 47.6 Å². The van der Waals surface area contributed by atoms with E-state index in [-0.39, 0.29) is 11.9 Å². The van der Waals surface area contributed by atoms with Crippen molar-refractivity contribution in [3.8, 4) is 5.75 Å². The molecule has 1 unspecified atom stereocenters. The van der Waals surface area contributed by atoms with Crippen molar-refractivity contribution in [3.05, 3.63) is 59.2 Å². The number of hydrogen-bond acceptors (Lipinski definition) is 7. The molecular weight excluding hydrogens is 392 g/mol. The molecular formula is C24H34N4O3. The maximum atomic E-state index is 10.5. The van der Waals surface area contributed by atoms with Crippen LogP contribution >= 0.6 is 0 Å². The van der Waals surface area contributed by atoms with Gasteiger partial charge in [0.2, 0.25) is 0 Å². The Hall–Kier alpha value is -2.61. The summed E-state index contributed by atoms with van der Waals surface area (Å²) >= 11 is 0. The van der Waals surface area contributed by atoms with Gasteiger partial charge in [-0.2, -0.15) is 5.10 Å². The fourth-order valence-corrected chi connectivity index (χ4v) is 3.93. The molecule has 2 heterocycles. The van der Waals surface area contributed by atoms with Crippen LogP contribution in [0.1, 0.15) is 49.5 Å². The molecule has 2 aliphatic heterocycles. The lowest BCUT2D eigenvalue weighted by molar-refractivity contribution is 0.0342. The van der Waals surface area contributed by atoms with Gasteiger partial charge < -0.3 is 19.8 Å². The molecule has 1 fully saturated rings. The van der Waals surface area contributed by atoms with Crippen LogP contribution in [0.3, 0.4) is 0 Å². The summed E-state index contributed by atoms with van der Waals surface area (Å²) in [4.78, 5) is 4.55. The van der Waals surface area contributed by atoms with Gasteiger partial charge in [-0.15, -0.1) is 0 Å². The monoisotopic (exact) mass is 426 g/mol. The summed E-state index contributed by atoms with van der Waals surface area (Å²) in [6.07, 6.45) is -0.223. The van der Waals surface area contributed by atoms with Gasteiger partial charge in [0.15, 0.2) is 6.17 Å². The third kappa shape index (κ3) is 5.36. The highest BCUT2D eigenvalue weighted by atomic mass is 16.5. The molecule has 0 aliphatic carbocycles. The van der Waals surface area contributed by atoms with E-state index in [2.05, 4.69) is 64.5 Å². The van der Waals surface area contributed by atoms with Crippen LogP contribution in [0.25, 0.3) is 0 Å². The number of hydrazone groups is 1. The number of phenolic OH excluding ortho intramolecular Hbond substituents is 1. The van der Waals surface area contributed by atoms with Crippen LogP contribution in [0, 0.1) is 0 Å². The van der Waals surface area contributed by atoms with Crippen LogP contribution in [0.4, 0.5) is 5.69 Å². The summed E-state index contributed by atoms with van der Waals surface area (Å²) in [6, 6.07) is 14.5. The number of anilines is 1. The van der Waals surface area contributed by atoms with Crippen LogP contribution in [-0.2, 0) is 11.3 Å². The number of benzene rings is 2. The van der Waals surface area contributed by atoms with Crippen LogP contribution in [-0.4, -0.2) is 54.4 Å². The van der Waals surface area contributed by atoms with Crippen LogP contribution < -0.4 is 10.3 Å². The first-order chi connectivity index (χ1) is 15.0. The van der Waals surface area contributed by atoms with E-state index >= 15 is 0 Å². The predicted molar refractivity (Wildman–Crippen MR) is 124 cm³/mol. The Morgan fingerprint density at radius 3 is 2.42 bits per heavy atom. The highest BCUT2D eigenvalue weighted by Gasteiger charge is 2.30. The SMILES string of the molecule is CC1=NNC(c2cc(C(C)C)ccc2O)N1c1ccc(CN2CCOCC2)cc1.CO. The van der Waals surface area contributed by atoms with Gasteiger partial charge in [0, 0.05) is 38.0 Å². The Balaban J connectivity index is 0.00000132. The molecule has 0 bridgehead atoms. The predicted octanol–water partition coefficient (Wildman–Crippen LogP) is 3.40. The van der Waals surface area contributed by atoms with Crippen molar-refractivity contribution in [3.63, 3.8) is 0 Å². The van der Waals surface area contributed by atoms with Crippen molar-refractivity contribution in [1.29, 1.82) is 0 Å². The zero-order valence-electron chi connectivity index (χ0n) is 18.9. The van der Waals surface area contributed by atoms with E-state index in [9.17, 15) is 5.11 Å². The van der Waals surface area contributed by atoms with Gasteiger partial charge in [0.05, 0.1) is 13.2 Å². The first-order valence-electron chi connectivity index (χ1n) is 10.8. The smallest absolute Gasteiger partial charge is 0.150 e. The van der Waals surface area contributed by atoms with Crippen molar-refractivity contribution >= 4 is 11.5 Å². The minimum atomic E-state index is -0.223. The van der Waals surface area contributed by atoms with E-state index in [1.54, 1.807) is 6.07 Å². The summed E-state index contributed by atoms with van der Waals surface area (Å²) in [7, 11) is 1.00. The van der Waals surface area contributed by atoms with Gasteiger partial charge in [0.25, 0.3) is 0 Å². The molecule has 1 saturated heterocycles. The Morgan fingerprint density at radius 2 is 1.77 bits per heavy atom. The number of hydrogen-bond donors (Lipinski definition) is 3. The van der Waals surface area contributed by atoms with Gasteiger partial charge in [-0.1, -0.05) is 32.0 Å². The number of aliphatic hydroxyl groups excluding tert-OH is 1. The lowest BCUT2D eigenvalue weighted by Crippen LogP contribution is -2.35. The molecule has 31 heavy (non-hydrogen) atoms. The number of ether oxygens (including phenoxy) is 1. The summed E-state index contributed by atoms with van der Waals surface area (Å²) in [5.41, 5.74) is 7.58. The number of amidine groups is 1. The molecule has 1 atom stereocenters. The van der Waals surface area contributed by atoms with Gasteiger partial charge in [-0.05, 0) is 48.2 Å². The normalized spacial score (nSPS) is 19.0. The van der Waals surface area contributed by atoms with Gasteiger partial charge in [-0.3, -0.25) is 10.3 Å². The van der Waals surface area contributed by atoms with Crippen LogP contribution in [0.5, 0.6) is 5.75 Å². The highest BCUT2D eigenvalue weighted by Crippen LogP contribution is 2.35. The second-order valence-electron chi connectivity index (χ2n) is 8.09. The molecule has 0 spiro atoms. The number of aromatic hydroxyl groups is 1. The number of nitrogens with one attached hydrogen (secondary N) is 1. The minimum Gasteiger partial charge on any atom is -0.508 e. The van der Waals surface area contributed by atoms with Crippen molar-refractivity contribution in [1.82, 2.24) is 10.3 Å². The largest absolute Gasteiger partial charge is 0.508 e. The topological polar surface area (TPSA) is 80.6 Å². The standard InChI is InChI=1S/C23H30N4O2.CH4O/c1-16(2)19-6-9-22(28)21(14-19)23-25-24-17(3)27(23)20-7-4-18(5-8-20)15-26-10-12-29-13-11-26;1-2/h4-9,14,16,23,25,28H,10-13,15H2,1-3H3;2H,1H3. The zero-order chi connectivity index (χ0) is 22.4. The Bertz CT molecular complexity index is 877. The molecule has 0 aromatic heterocycles. The summed E-state index contributed by atoms with van der Waals surface area (Å²) < 4.78 is 5.43. The molecule has 7 heteroatoms. The van der Waals surface area contributed by atoms with E-state index in [1.807, 2.05) is 13.0 Å². The number of nitrogens with zero attached hydrogens (tertiary/aromatic N) is 3. The molecule has 2 aromatic rings. The quantitative estimate of drug-likeness (QED) is 0.680. The van der Waals surface area contributed by atoms with Crippen LogP contribution in [0.2, 0.25) is 0 Å². The molecule has 4 rings (SSSR count).